The van der Waals surface area contributed by atoms with Crippen molar-refractivity contribution in [1.29, 1.82) is 0 Å². The van der Waals surface area contributed by atoms with E-state index in [9.17, 15) is 13.2 Å². The molecule has 28 heavy (non-hydrogen) atoms. The highest BCUT2D eigenvalue weighted by Crippen LogP contribution is 2.45. The highest BCUT2D eigenvalue weighted by atomic mass is 32.3. The molecular weight excluding hydrogens is 420 g/mol. The van der Waals surface area contributed by atoms with Crippen molar-refractivity contribution < 1.29 is 13.2 Å². The van der Waals surface area contributed by atoms with Crippen molar-refractivity contribution in [1.82, 2.24) is 15.6 Å². The molecule has 0 aliphatic carbocycles. The van der Waals surface area contributed by atoms with Crippen LogP contribution in [0.5, 0.6) is 0 Å². The molecule has 1 aromatic carbocycles. The number of sulfone groups is 1. The number of hydrogen-bond acceptors (Lipinski definition) is 10. The van der Waals surface area contributed by atoms with E-state index < -0.39 is 19.9 Å². The number of amides is 1. The van der Waals surface area contributed by atoms with Crippen LogP contribution in [0.15, 0.2) is 29.4 Å². The Balaban J connectivity index is 1.95. The molecule has 0 fully saturated rings. The van der Waals surface area contributed by atoms with Crippen molar-refractivity contribution in [2.45, 2.75) is 30.4 Å². The van der Waals surface area contributed by atoms with E-state index in [0.717, 1.165) is 23.1 Å². The van der Waals surface area contributed by atoms with E-state index in [2.05, 4.69) is 20.7 Å². The van der Waals surface area contributed by atoms with Gasteiger partial charge in [-0.3, -0.25) is 10.2 Å². The van der Waals surface area contributed by atoms with Crippen molar-refractivity contribution in [3.8, 4) is 0 Å². The summed E-state index contributed by atoms with van der Waals surface area (Å²) in [4.78, 5) is 11.3. The first-order chi connectivity index (χ1) is 13.3. The van der Waals surface area contributed by atoms with Gasteiger partial charge >= 0.3 is 0 Å². The van der Waals surface area contributed by atoms with Crippen molar-refractivity contribution in [2.75, 3.05) is 11.5 Å². The molecule has 1 aliphatic rings. The molecule has 1 aromatic heterocycles. The van der Waals surface area contributed by atoms with E-state index in [0.29, 0.717) is 32.7 Å². The number of benzene rings is 1. The number of carbonyl (C=O) groups is 1. The fourth-order valence-electron chi connectivity index (χ4n) is 2.75. The Morgan fingerprint density at radius 2 is 2.11 bits per heavy atom. The summed E-state index contributed by atoms with van der Waals surface area (Å²) in [5, 5.41) is 13.4. The average molecular weight is 441 g/mol. The molecule has 1 amide bonds. The molecule has 3 rings (SSSR count). The van der Waals surface area contributed by atoms with Crippen LogP contribution in [0.2, 0.25) is 0 Å². The number of hydrogen-bond donors (Lipinski definition) is 3. The fraction of sp³-hybridized carbons (Fsp3) is 0.375. The fourth-order valence-corrected chi connectivity index (χ4v) is 6.86. The first-order valence-electron chi connectivity index (χ1n) is 8.46. The number of nitrogens with one attached hydrogen (secondary N) is 1. The van der Waals surface area contributed by atoms with Gasteiger partial charge in [0.15, 0.2) is 9.84 Å². The normalized spacial score (nSPS) is 19.2. The van der Waals surface area contributed by atoms with Gasteiger partial charge in [0.25, 0.3) is 0 Å². The average Bonchev–Trinajstić information content (AvgIpc) is 3.27. The smallest absolute Gasteiger partial charge is 0.233 e. The second-order valence-electron chi connectivity index (χ2n) is 6.14. The van der Waals surface area contributed by atoms with E-state index in [1.807, 2.05) is 6.92 Å². The molecule has 0 saturated heterocycles. The van der Waals surface area contributed by atoms with Gasteiger partial charge in [-0.25, -0.2) is 8.42 Å². The summed E-state index contributed by atoms with van der Waals surface area (Å²) in [5.74, 6) is -0.644. The number of primary amides is 1. The molecule has 2 aromatic rings. The standard InChI is InChI=1S/C16H20N6O3S3/c1-2-13-20-22-16(27-13,11-5-3-4-10(8-11)9-12(17)23)28(24,25)7-6-14-19-21-15(18)26-14/h3-5,8,22H,2,6-7,9H2,1H3,(H2,17,23)(H2,18,21). The number of rotatable bonds is 8. The van der Waals surface area contributed by atoms with Crippen LogP contribution in [0.1, 0.15) is 29.5 Å². The summed E-state index contributed by atoms with van der Waals surface area (Å²) >= 11 is 2.33. The predicted octanol–water partition coefficient (Wildman–Crippen LogP) is 0.976. The molecule has 1 aliphatic heterocycles. The zero-order valence-corrected chi connectivity index (χ0v) is 17.5. The van der Waals surface area contributed by atoms with Gasteiger partial charge in [0, 0.05) is 12.0 Å². The first kappa shape index (κ1) is 20.6. The third kappa shape index (κ3) is 4.13. The summed E-state index contributed by atoms with van der Waals surface area (Å²) in [6.07, 6.45) is 0.826. The van der Waals surface area contributed by atoms with Crippen molar-refractivity contribution in [2.24, 2.45) is 10.8 Å². The number of carbonyl (C=O) groups excluding carboxylic acids is 1. The number of nitrogen functional groups attached to an aromatic ring is 1. The molecule has 12 heteroatoms. The Hall–Kier alpha value is -2.18. The van der Waals surface area contributed by atoms with Crippen LogP contribution in [-0.4, -0.2) is 35.3 Å². The number of thioether (sulfide) groups is 1. The molecule has 1 atom stereocenters. The van der Waals surface area contributed by atoms with E-state index in [1.54, 1.807) is 24.3 Å². The third-order valence-corrected chi connectivity index (χ3v) is 9.08. The Morgan fingerprint density at radius 3 is 2.71 bits per heavy atom. The molecule has 2 heterocycles. The largest absolute Gasteiger partial charge is 0.374 e. The van der Waals surface area contributed by atoms with E-state index >= 15 is 0 Å². The van der Waals surface area contributed by atoms with Gasteiger partial charge in [-0.15, -0.1) is 10.2 Å². The Bertz CT molecular complexity index is 1020. The van der Waals surface area contributed by atoms with Crippen LogP contribution in [0.25, 0.3) is 0 Å². The Labute approximate surface area is 170 Å². The quantitative estimate of drug-likeness (QED) is 0.549. The number of nitrogens with zero attached hydrogens (tertiary/aromatic N) is 3. The molecule has 0 radical (unpaired) electrons. The zero-order valence-electron chi connectivity index (χ0n) is 15.1. The molecule has 5 N–H and O–H groups in total. The minimum Gasteiger partial charge on any atom is -0.374 e. The monoisotopic (exact) mass is 440 g/mol. The summed E-state index contributed by atoms with van der Waals surface area (Å²) in [6, 6.07) is 6.83. The van der Waals surface area contributed by atoms with Crippen LogP contribution in [0.3, 0.4) is 0 Å². The summed E-state index contributed by atoms with van der Waals surface area (Å²) < 4.78 is 25.3. The number of nitrogens with two attached hydrogens (primary N) is 2. The lowest BCUT2D eigenvalue weighted by Crippen LogP contribution is -2.43. The van der Waals surface area contributed by atoms with Crippen LogP contribution < -0.4 is 16.9 Å². The zero-order chi connectivity index (χ0) is 20.4. The van der Waals surface area contributed by atoms with Gasteiger partial charge in [-0.05, 0) is 12.0 Å². The predicted molar refractivity (Wildman–Crippen MR) is 111 cm³/mol. The summed E-state index contributed by atoms with van der Waals surface area (Å²) in [5.41, 5.74) is 14.8. The Kier molecular flexibility index (Phi) is 5.91. The first-order valence-corrected chi connectivity index (χ1v) is 11.7. The highest BCUT2D eigenvalue weighted by molar-refractivity contribution is 8.23. The minimum absolute atomic E-state index is 0.0280. The second-order valence-corrected chi connectivity index (χ2v) is 11.0. The molecule has 0 saturated carbocycles. The van der Waals surface area contributed by atoms with Crippen molar-refractivity contribution >= 4 is 49.0 Å². The Morgan fingerprint density at radius 1 is 1.32 bits per heavy atom. The number of aromatic nitrogens is 2. The molecule has 9 nitrogen and oxygen atoms in total. The van der Waals surface area contributed by atoms with Gasteiger partial charge in [0.05, 0.1) is 17.2 Å². The number of anilines is 1. The third-order valence-electron chi connectivity index (χ3n) is 4.08. The topological polar surface area (TPSA) is 153 Å². The van der Waals surface area contributed by atoms with Crippen molar-refractivity contribution in [3.63, 3.8) is 0 Å². The highest BCUT2D eigenvalue weighted by Gasteiger charge is 2.50. The van der Waals surface area contributed by atoms with Gasteiger partial charge in [0.2, 0.25) is 15.2 Å². The maximum atomic E-state index is 13.4. The van der Waals surface area contributed by atoms with Crippen LogP contribution in [-0.2, 0) is 31.7 Å². The molecule has 150 valence electrons. The van der Waals surface area contributed by atoms with Crippen molar-refractivity contribution in [3.05, 3.63) is 40.4 Å². The van der Waals surface area contributed by atoms with Crippen LogP contribution in [0.4, 0.5) is 5.13 Å². The minimum atomic E-state index is -3.73. The maximum absolute atomic E-state index is 13.4. The number of aryl methyl sites for hydroxylation is 1. The molecule has 0 spiro atoms. The lowest BCUT2D eigenvalue weighted by atomic mass is 10.1. The van der Waals surface area contributed by atoms with E-state index in [4.69, 9.17) is 11.5 Å². The van der Waals surface area contributed by atoms with Gasteiger partial charge in [-0.1, -0.05) is 54.3 Å². The van der Waals surface area contributed by atoms with Gasteiger partial charge in [-0.2, -0.15) is 5.10 Å². The van der Waals surface area contributed by atoms with Crippen LogP contribution in [0, 0.1) is 0 Å². The molecule has 1 unspecified atom stereocenters. The summed E-state index contributed by atoms with van der Waals surface area (Å²) in [7, 11) is -3.73. The molecular formula is C16H20N6O3S3. The SMILES string of the molecule is CCC1=NNC(c2cccc(CC(N)=O)c2)(S(=O)(=O)CCc2nnc(N)s2)S1. The second kappa shape index (κ2) is 8.05. The van der Waals surface area contributed by atoms with Gasteiger partial charge in [0.1, 0.15) is 5.01 Å². The molecule has 0 bridgehead atoms. The lowest BCUT2D eigenvalue weighted by molar-refractivity contribution is -0.117. The van der Waals surface area contributed by atoms with E-state index in [1.165, 1.54) is 0 Å². The number of hydrazone groups is 1. The lowest BCUT2D eigenvalue weighted by Gasteiger charge is -2.28. The maximum Gasteiger partial charge on any atom is 0.233 e. The van der Waals surface area contributed by atoms with Gasteiger partial charge < -0.3 is 11.5 Å². The van der Waals surface area contributed by atoms with Crippen LogP contribution >= 0.6 is 23.1 Å². The summed E-state index contributed by atoms with van der Waals surface area (Å²) in [6.45, 7) is 1.91. The van der Waals surface area contributed by atoms with E-state index in [-0.39, 0.29) is 18.6 Å².